The van der Waals surface area contributed by atoms with Gasteiger partial charge >= 0.3 is 0 Å². The van der Waals surface area contributed by atoms with E-state index in [4.69, 9.17) is 5.10 Å². The lowest BCUT2D eigenvalue weighted by Gasteiger charge is -2.25. The lowest BCUT2D eigenvalue weighted by molar-refractivity contribution is -0.130. The molecule has 14 heteroatoms. The number of hydrogen-bond donors (Lipinski definition) is 1. The van der Waals surface area contributed by atoms with E-state index >= 15 is 0 Å². The summed E-state index contributed by atoms with van der Waals surface area (Å²) in [5, 5.41) is 20.2. The molecule has 2 aromatic carbocycles. The Morgan fingerprint density at radius 2 is 1.74 bits per heavy atom. The van der Waals surface area contributed by atoms with Gasteiger partial charge in [-0.1, -0.05) is 54.1 Å². The van der Waals surface area contributed by atoms with Crippen LogP contribution in [0.15, 0.2) is 81.2 Å². The minimum atomic E-state index is -3.57. The monoisotopic (exact) mass is 677 g/mol. The molecule has 2 aliphatic heterocycles. The molecule has 0 radical (unpaired) electrons. The van der Waals surface area contributed by atoms with Crippen molar-refractivity contribution in [2.24, 2.45) is 12.1 Å². The van der Waals surface area contributed by atoms with Crippen molar-refractivity contribution in [1.82, 2.24) is 29.4 Å². The molecule has 0 spiro atoms. The van der Waals surface area contributed by atoms with Gasteiger partial charge in [-0.25, -0.2) is 13.4 Å². The van der Waals surface area contributed by atoms with Gasteiger partial charge in [-0.3, -0.25) is 9.59 Å². The van der Waals surface area contributed by atoms with Gasteiger partial charge in [0.05, 0.1) is 33.8 Å². The molecule has 1 atom stereocenters. The van der Waals surface area contributed by atoms with Crippen LogP contribution in [0.2, 0.25) is 0 Å². The first kappa shape index (κ1) is 32.1. The third-order valence-corrected chi connectivity index (χ3v) is 12.0. The van der Waals surface area contributed by atoms with Crippen LogP contribution in [-0.4, -0.2) is 68.9 Å². The number of aryl methyl sites for hydroxylation is 1. The largest absolute Gasteiger partial charge is 0.345 e. The molecule has 1 N–H and O–H groups in total. The zero-order valence-corrected chi connectivity index (χ0v) is 28.1. The maximum atomic E-state index is 13.5. The van der Waals surface area contributed by atoms with Crippen molar-refractivity contribution in [2.75, 3.05) is 18.8 Å². The Morgan fingerprint density at radius 3 is 2.43 bits per heavy atom. The highest BCUT2D eigenvalue weighted by Gasteiger charge is 2.33. The Balaban J connectivity index is 1.06. The number of nitrogens with zero attached hydrogens (tertiary/aromatic N) is 6. The van der Waals surface area contributed by atoms with Crippen LogP contribution in [0.5, 0.6) is 0 Å². The Labute approximate surface area is 276 Å². The number of rotatable bonds is 10. The predicted molar refractivity (Wildman–Crippen MR) is 178 cm³/mol. The Bertz CT molecular complexity index is 1830. The van der Waals surface area contributed by atoms with Crippen molar-refractivity contribution < 1.29 is 18.0 Å². The summed E-state index contributed by atoms with van der Waals surface area (Å²) in [4.78, 5) is 27.6. The number of sulfonamides is 1. The first-order valence-corrected chi connectivity index (χ1v) is 18.4. The van der Waals surface area contributed by atoms with Gasteiger partial charge < -0.3 is 9.88 Å². The molecule has 4 aromatic rings. The van der Waals surface area contributed by atoms with Crippen molar-refractivity contribution in [3.05, 3.63) is 93.4 Å². The van der Waals surface area contributed by atoms with Crippen molar-refractivity contribution in [3.8, 4) is 0 Å². The molecule has 11 nitrogen and oxygen atoms in total. The number of benzene rings is 2. The number of hydrogen-bond acceptors (Lipinski definition) is 9. The summed E-state index contributed by atoms with van der Waals surface area (Å²) in [6, 6.07) is 18.0. The molecule has 1 fully saturated rings. The maximum Gasteiger partial charge on any atom is 0.253 e. The number of thiophene rings is 1. The highest BCUT2D eigenvalue weighted by molar-refractivity contribution is 7.99. The minimum absolute atomic E-state index is 0.112. The van der Waals surface area contributed by atoms with Crippen LogP contribution >= 0.6 is 23.1 Å². The molecule has 4 heterocycles. The van der Waals surface area contributed by atoms with E-state index in [1.54, 1.807) is 28.0 Å². The Hall–Kier alpha value is -3.85. The summed E-state index contributed by atoms with van der Waals surface area (Å²) in [5.41, 5.74) is 3.43. The van der Waals surface area contributed by atoms with E-state index in [1.165, 1.54) is 40.3 Å². The van der Waals surface area contributed by atoms with Crippen LogP contribution in [0.25, 0.3) is 0 Å². The first-order chi connectivity index (χ1) is 22.2. The molecule has 240 valence electrons. The Kier molecular flexibility index (Phi) is 9.68. The van der Waals surface area contributed by atoms with Gasteiger partial charge in [0.1, 0.15) is 0 Å². The van der Waals surface area contributed by atoms with E-state index in [9.17, 15) is 18.0 Å². The quantitative estimate of drug-likeness (QED) is 0.240. The molecule has 0 saturated carbocycles. The maximum absolute atomic E-state index is 13.5. The van der Waals surface area contributed by atoms with E-state index < -0.39 is 10.0 Å². The SMILES string of the molecule is Cc1ccc([C@H]2CC(c3cccs3)=NN2C(=O)CSc2nnc(CNC(=O)c3ccc(S(=O)(=O)N4CCCCC4)cc3)n2C)cc1. The molecule has 0 unspecified atom stereocenters. The second kappa shape index (κ2) is 13.9. The fraction of sp³-hybridized carbons (Fsp3) is 0.344. The van der Waals surface area contributed by atoms with Gasteiger partial charge in [0, 0.05) is 32.1 Å². The van der Waals surface area contributed by atoms with Crippen LogP contribution in [0.1, 0.15) is 63.9 Å². The summed E-state index contributed by atoms with van der Waals surface area (Å²) in [5.74, 6) is 0.147. The molecule has 0 bridgehead atoms. The summed E-state index contributed by atoms with van der Waals surface area (Å²) in [7, 11) is -1.78. The van der Waals surface area contributed by atoms with Crippen molar-refractivity contribution in [3.63, 3.8) is 0 Å². The summed E-state index contributed by atoms with van der Waals surface area (Å²) < 4.78 is 29.1. The molecule has 46 heavy (non-hydrogen) atoms. The standard InChI is InChI=1S/C32H35N7O4S3/c1-22-8-10-23(11-9-22)27-19-26(28-7-6-18-44-28)36-39(27)30(40)21-45-32-35-34-29(37(32)2)20-33-31(41)24-12-14-25(15-13-24)46(42,43)38-16-4-3-5-17-38/h6-15,18,27H,3-5,16-17,19-21H2,1-2H3,(H,33,41)/t27-/m1/s1. The molecule has 2 aliphatic rings. The Morgan fingerprint density at radius 1 is 1.00 bits per heavy atom. The number of amides is 2. The lowest BCUT2D eigenvalue weighted by Crippen LogP contribution is -2.35. The zero-order chi connectivity index (χ0) is 32.3. The number of carbonyl (C=O) groups is 2. The average molecular weight is 678 g/mol. The van der Waals surface area contributed by atoms with Gasteiger partial charge in [-0.2, -0.15) is 9.41 Å². The van der Waals surface area contributed by atoms with Gasteiger partial charge in [-0.15, -0.1) is 21.5 Å². The molecule has 6 rings (SSSR count). The second-order valence-electron chi connectivity index (χ2n) is 11.3. The number of aromatic nitrogens is 3. The van der Waals surface area contributed by atoms with E-state index in [0.717, 1.165) is 41.0 Å². The lowest BCUT2D eigenvalue weighted by atomic mass is 10.00. The number of piperidine rings is 1. The first-order valence-electron chi connectivity index (χ1n) is 15.1. The van der Waals surface area contributed by atoms with Gasteiger partial charge in [0.25, 0.3) is 11.8 Å². The van der Waals surface area contributed by atoms with Gasteiger partial charge in [0.2, 0.25) is 10.0 Å². The number of nitrogens with one attached hydrogen (secondary N) is 1. The van der Waals surface area contributed by atoms with E-state index in [1.807, 2.05) is 36.6 Å². The third kappa shape index (κ3) is 6.94. The van der Waals surface area contributed by atoms with Crippen molar-refractivity contribution in [1.29, 1.82) is 0 Å². The van der Waals surface area contributed by atoms with Gasteiger partial charge in [0.15, 0.2) is 11.0 Å². The average Bonchev–Trinajstić information content (AvgIpc) is 3.84. The number of hydrazone groups is 1. The smallest absolute Gasteiger partial charge is 0.253 e. The topological polar surface area (TPSA) is 130 Å². The molecule has 1 saturated heterocycles. The number of thioether (sulfide) groups is 1. The molecular formula is C32H35N7O4S3. The highest BCUT2D eigenvalue weighted by Crippen LogP contribution is 2.34. The molecular weight excluding hydrogens is 643 g/mol. The summed E-state index contributed by atoms with van der Waals surface area (Å²) in [6.45, 7) is 3.19. The minimum Gasteiger partial charge on any atom is -0.345 e. The fourth-order valence-corrected chi connectivity index (χ4v) is 8.51. The predicted octanol–water partition coefficient (Wildman–Crippen LogP) is 4.76. The summed E-state index contributed by atoms with van der Waals surface area (Å²) in [6.07, 6.45) is 3.40. The normalized spacial score (nSPS) is 17.2. The van der Waals surface area contributed by atoms with Crippen LogP contribution in [0, 0.1) is 6.92 Å². The van der Waals surface area contributed by atoms with E-state index in [0.29, 0.717) is 36.1 Å². The summed E-state index contributed by atoms with van der Waals surface area (Å²) >= 11 is 2.87. The van der Waals surface area contributed by atoms with Crippen LogP contribution in [-0.2, 0) is 28.4 Å². The fourth-order valence-electron chi connectivity index (χ4n) is 5.49. The molecule has 0 aliphatic carbocycles. The van der Waals surface area contributed by atoms with Crippen LogP contribution < -0.4 is 5.32 Å². The highest BCUT2D eigenvalue weighted by atomic mass is 32.2. The van der Waals surface area contributed by atoms with Crippen molar-refractivity contribution in [2.45, 2.75) is 55.2 Å². The zero-order valence-electron chi connectivity index (χ0n) is 25.6. The van der Waals surface area contributed by atoms with Gasteiger partial charge in [-0.05, 0) is 61.0 Å². The van der Waals surface area contributed by atoms with Crippen LogP contribution in [0.4, 0.5) is 0 Å². The van der Waals surface area contributed by atoms with E-state index in [-0.39, 0.29) is 35.0 Å². The van der Waals surface area contributed by atoms with E-state index in [2.05, 4.69) is 27.6 Å². The third-order valence-electron chi connectivity index (χ3n) is 8.16. The molecule has 2 aromatic heterocycles. The second-order valence-corrected chi connectivity index (χ2v) is 15.1. The molecule has 2 amide bonds. The van der Waals surface area contributed by atoms with Crippen molar-refractivity contribution >= 4 is 50.6 Å². The van der Waals surface area contributed by atoms with Crippen LogP contribution in [0.3, 0.4) is 0 Å². The number of carbonyl (C=O) groups excluding carboxylic acids is 2.